The summed E-state index contributed by atoms with van der Waals surface area (Å²) in [5, 5.41) is -0.536. The van der Waals surface area contributed by atoms with Crippen molar-refractivity contribution in [3.63, 3.8) is 0 Å². The Hall–Kier alpha value is -1.56. The van der Waals surface area contributed by atoms with Gasteiger partial charge in [0.1, 0.15) is 5.60 Å². The third kappa shape index (κ3) is 3.04. The van der Waals surface area contributed by atoms with Gasteiger partial charge in [-0.3, -0.25) is 0 Å². The van der Waals surface area contributed by atoms with Crippen molar-refractivity contribution in [2.75, 3.05) is 0 Å². The van der Waals surface area contributed by atoms with Crippen molar-refractivity contribution in [3.05, 3.63) is 29.8 Å². The highest BCUT2D eigenvalue weighted by Gasteiger charge is 2.54. The first-order chi connectivity index (χ1) is 11.1. The summed E-state index contributed by atoms with van der Waals surface area (Å²) in [5.74, 6) is 0. The maximum atomic E-state index is 13.0. The Morgan fingerprint density at radius 2 is 1.79 bits per heavy atom. The van der Waals surface area contributed by atoms with Crippen molar-refractivity contribution in [3.8, 4) is 0 Å². The second kappa shape index (κ2) is 5.76. The van der Waals surface area contributed by atoms with Gasteiger partial charge in [0.15, 0.2) is 9.84 Å². The molecule has 1 amide bonds. The summed E-state index contributed by atoms with van der Waals surface area (Å²) >= 11 is 0. The van der Waals surface area contributed by atoms with E-state index in [0.29, 0.717) is 11.3 Å². The minimum atomic E-state index is -3.45. The number of hydrogen-bond donors (Lipinski definition) is 0. The quantitative estimate of drug-likeness (QED) is 0.820. The second-order valence-corrected chi connectivity index (χ2v) is 9.99. The number of rotatable bonds is 2. The molecule has 0 aromatic heterocycles. The Morgan fingerprint density at radius 3 is 2.38 bits per heavy atom. The van der Waals surface area contributed by atoms with Gasteiger partial charge in [-0.05, 0) is 59.1 Å². The number of nitrogens with zero attached hydrogens (tertiary/aromatic N) is 1. The first-order valence-corrected chi connectivity index (χ1v) is 9.96. The number of carbonyl (C=O) groups excluding carboxylic acids is 1. The smallest absolute Gasteiger partial charge is 0.410 e. The molecule has 2 bridgehead atoms. The summed E-state index contributed by atoms with van der Waals surface area (Å²) < 4.78 is 31.5. The van der Waals surface area contributed by atoms with Crippen LogP contribution in [-0.4, -0.2) is 42.3 Å². The van der Waals surface area contributed by atoms with Gasteiger partial charge in [0.05, 0.1) is 16.2 Å². The van der Waals surface area contributed by atoms with E-state index in [1.165, 1.54) is 0 Å². The second-order valence-electron chi connectivity index (χ2n) is 7.82. The van der Waals surface area contributed by atoms with E-state index in [2.05, 4.69) is 0 Å². The van der Waals surface area contributed by atoms with Gasteiger partial charge in [-0.15, -0.1) is 0 Å². The van der Waals surface area contributed by atoms with Gasteiger partial charge in [-0.1, -0.05) is 17.7 Å². The average Bonchev–Trinajstić information content (AvgIpc) is 3.04. The fraction of sp³-hybridized carbons (Fsp3) is 0.611. The Morgan fingerprint density at radius 1 is 1.17 bits per heavy atom. The molecule has 24 heavy (non-hydrogen) atoms. The third-order valence-electron chi connectivity index (χ3n) is 4.83. The molecule has 3 atom stereocenters. The van der Waals surface area contributed by atoms with Crippen molar-refractivity contribution in [2.24, 2.45) is 0 Å². The fourth-order valence-corrected chi connectivity index (χ4v) is 5.79. The van der Waals surface area contributed by atoms with Crippen LogP contribution in [0.25, 0.3) is 0 Å². The van der Waals surface area contributed by atoms with Crippen molar-refractivity contribution >= 4 is 15.9 Å². The van der Waals surface area contributed by atoms with E-state index in [1.54, 1.807) is 17.0 Å². The lowest BCUT2D eigenvalue weighted by atomic mass is 10.0. The lowest BCUT2D eigenvalue weighted by Gasteiger charge is -2.28. The minimum absolute atomic E-state index is 0.0323. The zero-order chi connectivity index (χ0) is 17.7. The number of carbonyl (C=O) groups is 1. The van der Waals surface area contributed by atoms with Crippen LogP contribution < -0.4 is 0 Å². The molecule has 2 saturated heterocycles. The molecule has 132 valence electrons. The van der Waals surface area contributed by atoms with Gasteiger partial charge in [-0.2, -0.15) is 0 Å². The van der Waals surface area contributed by atoms with Crippen LogP contribution in [0.2, 0.25) is 0 Å². The average molecular weight is 351 g/mol. The monoisotopic (exact) mass is 351 g/mol. The highest BCUT2D eigenvalue weighted by Crippen LogP contribution is 2.43. The molecule has 0 N–H and O–H groups in total. The predicted octanol–water partition coefficient (Wildman–Crippen LogP) is 3.31. The Labute approximate surface area is 143 Å². The Bertz CT molecular complexity index is 733. The van der Waals surface area contributed by atoms with Gasteiger partial charge >= 0.3 is 6.09 Å². The molecule has 2 heterocycles. The highest BCUT2D eigenvalue weighted by atomic mass is 32.2. The predicted molar refractivity (Wildman–Crippen MR) is 91.7 cm³/mol. The summed E-state index contributed by atoms with van der Waals surface area (Å²) in [4.78, 5) is 14.5. The molecule has 2 aliphatic heterocycles. The fourth-order valence-electron chi connectivity index (χ4n) is 3.77. The zero-order valence-corrected chi connectivity index (χ0v) is 15.5. The van der Waals surface area contributed by atoms with E-state index in [9.17, 15) is 13.2 Å². The number of aryl methyl sites for hydroxylation is 1. The number of sulfone groups is 1. The molecule has 0 saturated carbocycles. The molecule has 1 aromatic carbocycles. The van der Waals surface area contributed by atoms with Crippen LogP contribution in [-0.2, 0) is 14.6 Å². The molecule has 1 aromatic rings. The molecule has 3 unspecified atom stereocenters. The minimum Gasteiger partial charge on any atom is -0.444 e. The summed E-state index contributed by atoms with van der Waals surface area (Å²) in [7, 11) is -3.45. The maximum Gasteiger partial charge on any atom is 0.410 e. The van der Waals surface area contributed by atoms with E-state index in [0.717, 1.165) is 18.4 Å². The molecule has 3 rings (SSSR count). The number of fused-ring (bicyclic) bond motifs is 2. The molecule has 0 spiro atoms. The molecule has 2 aliphatic rings. The summed E-state index contributed by atoms with van der Waals surface area (Å²) in [6.45, 7) is 7.40. The molecule has 0 radical (unpaired) electrons. The number of hydrogen-bond acceptors (Lipinski definition) is 4. The lowest BCUT2D eigenvalue weighted by Crippen LogP contribution is -2.42. The normalized spacial score (nSPS) is 26.7. The van der Waals surface area contributed by atoms with E-state index in [-0.39, 0.29) is 12.1 Å². The van der Waals surface area contributed by atoms with Crippen molar-refractivity contribution in [1.29, 1.82) is 0 Å². The van der Waals surface area contributed by atoms with E-state index in [1.807, 2.05) is 39.8 Å². The van der Waals surface area contributed by atoms with Gasteiger partial charge in [0.25, 0.3) is 0 Å². The maximum absolute atomic E-state index is 13.0. The third-order valence-corrected chi connectivity index (χ3v) is 7.07. The molecule has 5 nitrogen and oxygen atoms in total. The van der Waals surface area contributed by atoms with Gasteiger partial charge in [0, 0.05) is 6.04 Å². The van der Waals surface area contributed by atoms with Crippen LogP contribution >= 0.6 is 0 Å². The van der Waals surface area contributed by atoms with Crippen LogP contribution in [0, 0.1) is 6.92 Å². The van der Waals surface area contributed by atoms with Crippen LogP contribution in [0.3, 0.4) is 0 Å². The standard InChI is InChI=1S/C18H25NO4S/c1-12-5-8-14(9-6-12)24(21,22)16-11-13-7-10-15(16)19(13)17(20)23-18(2,3)4/h5-6,8-9,13,15-16H,7,10-11H2,1-4H3. The van der Waals surface area contributed by atoms with Gasteiger partial charge in [-0.25, -0.2) is 13.2 Å². The van der Waals surface area contributed by atoms with Gasteiger partial charge in [0.2, 0.25) is 0 Å². The topological polar surface area (TPSA) is 63.7 Å². The largest absolute Gasteiger partial charge is 0.444 e. The van der Waals surface area contributed by atoms with E-state index in [4.69, 9.17) is 4.74 Å². The first kappa shape index (κ1) is 17.3. The molecule has 6 heteroatoms. The number of amides is 1. The molecular weight excluding hydrogens is 326 g/mol. The Kier molecular flexibility index (Phi) is 4.14. The molecular formula is C18H25NO4S. The lowest BCUT2D eigenvalue weighted by molar-refractivity contribution is 0.0218. The summed E-state index contributed by atoms with van der Waals surface area (Å²) in [5.41, 5.74) is 0.446. The van der Waals surface area contributed by atoms with Crippen LogP contribution in [0.4, 0.5) is 4.79 Å². The van der Waals surface area contributed by atoms with Crippen molar-refractivity contribution < 1.29 is 17.9 Å². The van der Waals surface area contributed by atoms with Crippen LogP contribution in [0.5, 0.6) is 0 Å². The molecule has 0 aliphatic carbocycles. The van der Waals surface area contributed by atoms with Crippen LogP contribution in [0.1, 0.15) is 45.6 Å². The van der Waals surface area contributed by atoms with Gasteiger partial charge < -0.3 is 9.64 Å². The van der Waals surface area contributed by atoms with E-state index >= 15 is 0 Å². The zero-order valence-electron chi connectivity index (χ0n) is 14.7. The SMILES string of the molecule is Cc1ccc(S(=O)(=O)C2CC3CCC2N3C(=O)OC(C)(C)C)cc1. The first-order valence-electron chi connectivity index (χ1n) is 8.41. The van der Waals surface area contributed by atoms with Crippen LogP contribution in [0.15, 0.2) is 29.2 Å². The molecule has 2 fully saturated rings. The van der Waals surface area contributed by atoms with Crippen molar-refractivity contribution in [1.82, 2.24) is 4.90 Å². The van der Waals surface area contributed by atoms with E-state index < -0.39 is 26.8 Å². The highest BCUT2D eigenvalue weighted by molar-refractivity contribution is 7.92. The number of ether oxygens (including phenoxy) is 1. The Balaban J connectivity index is 1.84. The summed E-state index contributed by atoms with van der Waals surface area (Å²) in [6.07, 6.45) is 1.68. The summed E-state index contributed by atoms with van der Waals surface area (Å²) in [6, 6.07) is 6.63. The van der Waals surface area contributed by atoms with Crippen molar-refractivity contribution in [2.45, 2.75) is 74.8 Å². The number of benzene rings is 1.